The van der Waals surface area contributed by atoms with Crippen molar-refractivity contribution in [3.05, 3.63) is 71.4 Å². The zero-order valence-electron chi connectivity index (χ0n) is 15.1. The Labute approximate surface area is 156 Å². The van der Waals surface area contributed by atoms with Gasteiger partial charge in [-0.15, -0.1) is 0 Å². The van der Waals surface area contributed by atoms with E-state index in [-0.39, 0.29) is 18.0 Å². The van der Waals surface area contributed by atoms with E-state index in [1.165, 1.54) is 0 Å². The van der Waals surface area contributed by atoms with Crippen LogP contribution in [0.3, 0.4) is 0 Å². The van der Waals surface area contributed by atoms with Crippen LogP contribution in [0.15, 0.2) is 54.6 Å². The molecule has 0 aliphatic heterocycles. The van der Waals surface area contributed by atoms with Crippen molar-refractivity contribution in [3.63, 3.8) is 0 Å². The maximum atomic E-state index is 12.2. The summed E-state index contributed by atoms with van der Waals surface area (Å²) in [5, 5.41) is 6.79. The average molecular weight is 364 g/mol. The van der Waals surface area contributed by atoms with Gasteiger partial charge < -0.3 is 4.74 Å². The molecule has 0 unspecified atom stereocenters. The zero-order chi connectivity index (χ0) is 19.2. The number of benzene rings is 2. The minimum Gasteiger partial charge on any atom is -0.496 e. The van der Waals surface area contributed by atoms with Gasteiger partial charge in [0.15, 0.2) is 0 Å². The molecule has 7 nitrogen and oxygen atoms in total. The Hall–Kier alpha value is -3.61. The van der Waals surface area contributed by atoms with Gasteiger partial charge in [0.05, 0.1) is 19.2 Å². The van der Waals surface area contributed by atoms with E-state index in [9.17, 15) is 9.59 Å². The largest absolute Gasteiger partial charge is 0.496 e. The normalized spacial score (nSPS) is 10.3. The number of H-pyrrole nitrogens is 1. The molecule has 3 N–H and O–H groups in total. The fourth-order valence-corrected chi connectivity index (χ4v) is 2.59. The van der Waals surface area contributed by atoms with Crippen LogP contribution < -0.4 is 15.6 Å². The van der Waals surface area contributed by atoms with Gasteiger partial charge in [0.25, 0.3) is 5.91 Å². The van der Waals surface area contributed by atoms with Crippen LogP contribution in [0.2, 0.25) is 0 Å². The Kier molecular flexibility index (Phi) is 5.51. The van der Waals surface area contributed by atoms with Crippen LogP contribution >= 0.6 is 0 Å². The van der Waals surface area contributed by atoms with Crippen LogP contribution in [-0.4, -0.2) is 29.1 Å². The van der Waals surface area contributed by atoms with E-state index in [2.05, 4.69) is 21.0 Å². The minimum atomic E-state index is -0.473. The highest BCUT2D eigenvalue weighted by Gasteiger charge is 2.12. The molecule has 0 radical (unpaired) electrons. The predicted octanol–water partition coefficient (Wildman–Crippen LogP) is 2.40. The second-order valence-corrected chi connectivity index (χ2v) is 6.02. The van der Waals surface area contributed by atoms with Crippen LogP contribution in [0.5, 0.6) is 5.75 Å². The minimum absolute atomic E-state index is 0.120. The van der Waals surface area contributed by atoms with E-state index >= 15 is 0 Å². The van der Waals surface area contributed by atoms with Crippen LogP contribution in [0.4, 0.5) is 0 Å². The second kappa shape index (κ2) is 8.18. The molecule has 0 saturated heterocycles. The lowest BCUT2D eigenvalue weighted by atomic mass is 10.1. The van der Waals surface area contributed by atoms with E-state index in [1.54, 1.807) is 19.2 Å². The summed E-state index contributed by atoms with van der Waals surface area (Å²) in [6, 6.07) is 16.7. The van der Waals surface area contributed by atoms with E-state index in [0.29, 0.717) is 5.69 Å². The molecular weight excluding hydrogens is 344 g/mol. The molecule has 1 heterocycles. The quantitative estimate of drug-likeness (QED) is 0.606. The molecule has 0 aliphatic rings. The van der Waals surface area contributed by atoms with Crippen molar-refractivity contribution in [3.8, 4) is 17.0 Å². The summed E-state index contributed by atoms with van der Waals surface area (Å²) in [5.74, 6) is -0.0909. The molecule has 3 rings (SSSR count). The third-order valence-electron chi connectivity index (χ3n) is 4.04. The van der Waals surface area contributed by atoms with E-state index in [1.807, 2.05) is 49.4 Å². The molecule has 2 amide bonds. The fourth-order valence-electron chi connectivity index (χ4n) is 2.59. The topological polar surface area (TPSA) is 96.1 Å². The van der Waals surface area contributed by atoms with Gasteiger partial charge in [-0.05, 0) is 30.2 Å². The van der Waals surface area contributed by atoms with Crippen molar-refractivity contribution in [1.82, 2.24) is 21.0 Å². The maximum absolute atomic E-state index is 12.2. The smallest absolute Gasteiger partial charge is 0.287 e. The third-order valence-corrected chi connectivity index (χ3v) is 4.04. The molecule has 0 spiro atoms. The second-order valence-electron chi connectivity index (χ2n) is 6.02. The Morgan fingerprint density at radius 3 is 2.59 bits per heavy atom. The molecule has 2 aromatic carbocycles. The molecule has 138 valence electrons. The number of carbonyl (C=O) groups is 2. The van der Waals surface area contributed by atoms with E-state index in [4.69, 9.17) is 4.74 Å². The molecule has 3 aromatic rings. The number of amides is 2. The number of hydrogen-bond donors (Lipinski definition) is 3. The zero-order valence-corrected chi connectivity index (χ0v) is 15.1. The number of aromatic nitrogens is 2. The summed E-state index contributed by atoms with van der Waals surface area (Å²) in [6.45, 7) is 1.93. The molecule has 1 aromatic heterocycles. The van der Waals surface area contributed by atoms with Gasteiger partial charge in [-0.1, -0.05) is 42.5 Å². The molecule has 0 saturated carbocycles. The third kappa shape index (κ3) is 4.52. The van der Waals surface area contributed by atoms with Crippen LogP contribution in [-0.2, 0) is 11.2 Å². The van der Waals surface area contributed by atoms with Crippen molar-refractivity contribution >= 4 is 11.8 Å². The van der Waals surface area contributed by atoms with Crippen LogP contribution in [0.1, 0.15) is 21.6 Å². The predicted molar refractivity (Wildman–Crippen MR) is 101 cm³/mol. The molecule has 0 bridgehead atoms. The number of methoxy groups -OCH3 is 1. The SMILES string of the molecule is COc1cc(CC(=O)NNC(=O)c2cc(-c3ccccc3)n[nH]2)ccc1C. The first kappa shape index (κ1) is 18.2. The van der Waals surface area contributed by atoms with Crippen molar-refractivity contribution < 1.29 is 14.3 Å². The van der Waals surface area contributed by atoms with Gasteiger partial charge in [0.1, 0.15) is 11.4 Å². The van der Waals surface area contributed by atoms with Gasteiger partial charge >= 0.3 is 0 Å². The van der Waals surface area contributed by atoms with Crippen molar-refractivity contribution in [2.45, 2.75) is 13.3 Å². The number of ether oxygens (including phenoxy) is 1. The lowest BCUT2D eigenvalue weighted by Crippen LogP contribution is -2.42. The Morgan fingerprint density at radius 2 is 1.85 bits per heavy atom. The summed E-state index contributed by atoms with van der Waals surface area (Å²) in [5.41, 5.74) is 8.37. The van der Waals surface area contributed by atoms with Gasteiger partial charge in [-0.25, -0.2) is 0 Å². The lowest BCUT2D eigenvalue weighted by molar-refractivity contribution is -0.121. The molecule has 0 fully saturated rings. The maximum Gasteiger partial charge on any atom is 0.287 e. The van der Waals surface area contributed by atoms with Crippen LogP contribution in [0.25, 0.3) is 11.3 Å². The van der Waals surface area contributed by atoms with Crippen molar-refractivity contribution in [2.24, 2.45) is 0 Å². The number of aromatic amines is 1. The summed E-state index contributed by atoms with van der Waals surface area (Å²) >= 11 is 0. The summed E-state index contributed by atoms with van der Waals surface area (Å²) in [7, 11) is 1.58. The number of rotatable bonds is 5. The van der Waals surface area contributed by atoms with Crippen molar-refractivity contribution in [1.29, 1.82) is 0 Å². The highest BCUT2D eigenvalue weighted by atomic mass is 16.5. The number of hydrazine groups is 1. The highest BCUT2D eigenvalue weighted by Crippen LogP contribution is 2.19. The number of aryl methyl sites for hydroxylation is 1. The van der Waals surface area contributed by atoms with E-state index in [0.717, 1.165) is 22.4 Å². The van der Waals surface area contributed by atoms with Gasteiger partial charge in [0, 0.05) is 5.56 Å². The van der Waals surface area contributed by atoms with Gasteiger partial charge in [0.2, 0.25) is 5.91 Å². The Balaban J connectivity index is 1.56. The Bertz CT molecular complexity index is 951. The monoisotopic (exact) mass is 364 g/mol. The summed E-state index contributed by atoms with van der Waals surface area (Å²) in [6.07, 6.45) is 0.120. The standard InChI is InChI=1S/C20H20N4O3/c1-13-8-9-14(10-18(13)27-2)11-19(25)23-24-20(26)17-12-16(21-22-17)15-6-4-3-5-7-15/h3-10,12H,11H2,1-2H3,(H,21,22)(H,23,25)(H,24,26). The first-order valence-corrected chi connectivity index (χ1v) is 8.40. The first-order chi connectivity index (χ1) is 13.1. The van der Waals surface area contributed by atoms with Gasteiger partial charge in [-0.2, -0.15) is 5.10 Å². The van der Waals surface area contributed by atoms with Gasteiger partial charge in [-0.3, -0.25) is 25.5 Å². The first-order valence-electron chi connectivity index (χ1n) is 8.40. The molecule has 0 atom stereocenters. The highest BCUT2D eigenvalue weighted by molar-refractivity contribution is 5.94. The Morgan fingerprint density at radius 1 is 1.07 bits per heavy atom. The number of hydrogen-bond acceptors (Lipinski definition) is 4. The summed E-state index contributed by atoms with van der Waals surface area (Å²) < 4.78 is 5.25. The lowest BCUT2D eigenvalue weighted by Gasteiger charge is -2.09. The number of nitrogens with zero attached hydrogens (tertiary/aromatic N) is 1. The molecule has 27 heavy (non-hydrogen) atoms. The average Bonchev–Trinajstić information content (AvgIpc) is 3.18. The number of nitrogens with one attached hydrogen (secondary N) is 3. The molecule has 0 aliphatic carbocycles. The molecular formula is C20H20N4O3. The van der Waals surface area contributed by atoms with Crippen LogP contribution in [0, 0.1) is 6.92 Å². The van der Waals surface area contributed by atoms with E-state index < -0.39 is 5.91 Å². The molecule has 7 heteroatoms. The fraction of sp³-hybridized carbons (Fsp3) is 0.150. The summed E-state index contributed by atoms with van der Waals surface area (Å²) in [4.78, 5) is 24.2. The van der Waals surface area contributed by atoms with Crippen molar-refractivity contribution in [2.75, 3.05) is 7.11 Å². The number of carbonyl (C=O) groups excluding carboxylic acids is 2.